The Morgan fingerprint density at radius 2 is 1.31 bits per heavy atom. The summed E-state index contributed by atoms with van der Waals surface area (Å²) in [6.07, 6.45) is 13.9. The fourth-order valence-corrected chi connectivity index (χ4v) is 6.33. The molecule has 3 unspecified atom stereocenters. The summed E-state index contributed by atoms with van der Waals surface area (Å²) in [5.74, 6) is 0.734. The molecule has 272 valence electrons. The first-order valence-corrected chi connectivity index (χ1v) is 18.6. The maximum Gasteiger partial charge on any atom is 0.224 e. The number of aromatic nitrogens is 2. The Balaban J connectivity index is 1.25. The molecule has 2 heterocycles. The van der Waals surface area contributed by atoms with Gasteiger partial charge in [0.2, 0.25) is 11.8 Å². The minimum atomic E-state index is -0.737. The van der Waals surface area contributed by atoms with Gasteiger partial charge >= 0.3 is 0 Å². The number of hydrogen-bond acceptors (Lipinski definition) is 7. The van der Waals surface area contributed by atoms with Gasteiger partial charge in [0, 0.05) is 49.1 Å². The average molecular weight is 694 g/mol. The lowest BCUT2D eigenvalue weighted by atomic mass is 9.84. The summed E-state index contributed by atoms with van der Waals surface area (Å²) in [4.78, 5) is 34.5. The Labute approximate surface area is 303 Å². The first kappa shape index (κ1) is 39.2. The van der Waals surface area contributed by atoms with Gasteiger partial charge in [-0.3, -0.25) is 14.6 Å². The smallest absolute Gasteiger partial charge is 0.224 e. The first-order chi connectivity index (χ1) is 25.0. The second kappa shape index (κ2) is 23.0. The summed E-state index contributed by atoms with van der Waals surface area (Å²) < 4.78 is 0. The van der Waals surface area contributed by atoms with E-state index in [-0.39, 0.29) is 30.4 Å². The normalized spacial score (nSPS) is 12.8. The Kier molecular flexibility index (Phi) is 17.7. The van der Waals surface area contributed by atoms with Crippen LogP contribution in [0.1, 0.15) is 106 Å². The molecule has 0 saturated carbocycles. The van der Waals surface area contributed by atoms with E-state index in [2.05, 4.69) is 57.3 Å². The van der Waals surface area contributed by atoms with Crippen molar-refractivity contribution in [1.82, 2.24) is 15.3 Å². The van der Waals surface area contributed by atoms with E-state index in [1.54, 1.807) is 6.20 Å². The molecule has 9 nitrogen and oxygen atoms in total. The molecule has 0 aliphatic heterocycles. The quantitative estimate of drug-likeness (QED) is 0.0474. The lowest BCUT2D eigenvalue weighted by Gasteiger charge is -2.30. The zero-order chi connectivity index (χ0) is 35.9. The van der Waals surface area contributed by atoms with Crippen LogP contribution in [0.3, 0.4) is 0 Å². The van der Waals surface area contributed by atoms with Gasteiger partial charge in [-0.05, 0) is 73.6 Å². The van der Waals surface area contributed by atoms with Crippen LogP contribution in [-0.4, -0.2) is 51.3 Å². The largest absolute Gasteiger partial charge is 0.394 e. The van der Waals surface area contributed by atoms with Gasteiger partial charge in [-0.2, -0.15) is 0 Å². The van der Waals surface area contributed by atoms with Crippen LogP contribution in [0.25, 0.3) is 0 Å². The van der Waals surface area contributed by atoms with Crippen molar-refractivity contribution in [3.63, 3.8) is 0 Å². The van der Waals surface area contributed by atoms with E-state index in [1.165, 1.54) is 5.56 Å². The van der Waals surface area contributed by atoms with E-state index in [0.717, 1.165) is 80.6 Å². The number of aliphatic hydroxyl groups is 2. The Morgan fingerprint density at radius 3 is 2.02 bits per heavy atom. The second-order valence-corrected chi connectivity index (χ2v) is 13.2. The molecule has 0 saturated heterocycles. The highest BCUT2D eigenvalue weighted by atomic mass is 16.3. The molecule has 2 aromatic carbocycles. The summed E-state index contributed by atoms with van der Waals surface area (Å²) in [5.41, 5.74) is 3.95. The van der Waals surface area contributed by atoms with E-state index in [9.17, 15) is 14.7 Å². The van der Waals surface area contributed by atoms with E-state index in [0.29, 0.717) is 32.2 Å². The number of carbonyl (C=O) groups is 2. The molecule has 0 spiro atoms. The number of benzene rings is 2. The third kappa shape index (κ3) is 14.7. The minimum absolute atomic E-state index is 0.00497. The van der Waals surface area contributed by atoms with Crippen molar-refractivity contribution in [2.45, 2.75) is 102 Å². The molecule has 0 radical (unpaired) electrons. The zero-order valence-electron chi connectivity index (χ0n) is 29.8. The number of nitrogens with zero attached hydrogens (tertiary/aromatic N) is 2. The molecule has 0 aliphatic rings. The SMILES string of the molecule is O=C(CCCC(O)CO)NCCCCCCCCCCC(=O)Nc1ccccc1C(Nc1ccccn1)C(Cc1ccccc1)c1ccccn1. The highest BCUT2D eigenvalue weighted by Crippen LogP contribution is 2.38. The number of aliphatic hydroxyl groups excluding tert-OH is 2. The summed E-state index contributed by atoms with van der Waals surface area (Å²) in [5, 5.41) is 28.1. The van der Waals surface area contributed by atoms with Crippen LogP contribution in [-0.2, 0) is 16.0 Å². The monoisotopic (exact) mass is 693 g/mol. The average Bonchev–Trinajstić information content (AvgIpc) is 3.16. The van der Waals surface area contributed by atoms with Crippen molar-refractivity contribution in [2.24, 2.45) is 0 Å². The second-order valence-electron chi connectivity index (χ2n) is 13.2. The number of carbonyl (C=O) groups excluding carboxylic acids is 2. The highest BCUT2D eigenvalue weighted by Gasteiger charge is 2.29. The lowest BCUT2D eigenvalue weighted by molar-refractivity contribution is -0.121. The van der Waals surface area contributed by atoms with Crippen molar-refractivity contribution in [1.29, 1.82) is 0 Å². The van der Waals surface area contributed by atoms with Crippen molar-refractivity contribution in [3.05, 3.63) is 120 Å². The zero-order valence-corrected chi connectivity index (χ0v) is 29.8. The molecule has 0 bridgehead atoms. The van der Waals surface area contributed by atoms with Gasteiger partial charge in [-0.15, -0.1) is 0 Å². The fraction of sp³-hybridized carbons (Fsp3) is 0.429. The van der Waals surface area contributed by atoms with E-state index in [4.69, 9.17) is 10.1 Å². The number of hydrogen-bond donors (Lipinski definition) is 5. The Morgan fingerprint density at radius 1 is 0.667 bits per heavy atom. The van der Waals surface area contributed by atoms with E-state index >= 15 is 0 Å². The Bertz CT molecular complexity index is 1540. The number of rotatable bonds is 24. The van der Waals surface area contributed by atoms with Crippen LogP contribution in [0.4, 0.5) is 11.5 Å². The standard InChI is InChI=1S/C42H55N5O4/c48-32-34(49)21-18-27-40(50)45-30-15-6-4-2-1-3-5-10-26-41(51)46-38-24-12-11-22-35(38)42(47-39-25-14-17-29-44-39)36(37-23-13-16-28-43-37)31-33-19-8-7-9-20-33/h7-9,11-14,16-17,19-20,22-25,28-29,34,36,42,48-49H,1-6,10,15,18,21,26-27,30-32H2,(H,44,47)(H,45,50)(H,46,51). The van der Waals surface area contributed by atoms with Gasteiger partial charge in [-0.25, -0.2) is 4.98 Å². The third-order valence-corrected chi connectivity index (χ3v) is 9.11. The molecule has 4 aromatic rings. The van der Waals surface area contributed by atoms with Gasteiger partial charge in [0.15, 0.2) is 0 Å². The number of nitrogens with one attached hydrogen (secondary N) is 3. The maximum atomic E-state index is 13.3. The topological polar surface area (TPSA) is 136 Å². The molecule has 2 amide bonds. The molecular formula is C42H55N5O4. The van der Waals surface area contributed by atoms with Crippen molar-refractivity contribution in [3.8, 4) is 0 Å². The van der Waals surface area contributed by atoms with Gasteiger partial charge in [-0.1, -0.05) is 99.2 Å². The molecule has 0 aliphatic carbocycles. The molecule has 4 rings (SSSR count). The summed E-state index contributed by atoms with van der Waals surface area (Å²) >= 11 is 0. The molecule has 51 heavy (non-hydrogen) atoms. The molecule has 5 N–H and O–H groups in total. The van der Waals surface area contributed by atoms with Crippen LogP contribution in [0.5, 0.6) is 0 Å². The maximum absolute atomic E-state index is 13.3. The summed E-state index contributed by atoms with van der Waals surface area (Å²) in [6, 6.07) is 30.1. The van der Waals surface area contributed by atoms with Crippen molar-refractivity contribution < 1.29 is 19.8 Å². The number of pyridine rings is 2. The predicted octanol–water partition coefficient (Wildman–Crippen LogP) is 7.75. The summed E-state index contributed by atoms with van der Waals surface area (Å²) in [7, 11) is 0. The van der Waals surface area contributed by atoms with Gasteiger partial charge in [0.1, 0.15) is 5.82 Å². The van der Waals surface area contributed by atoms with Crippen LogP contribution in [0, 0.1) is 0 Å². The lowest BCUT2D eigenvalue weighted by Crippen LogP contribution is -2.24. The number of unbranched alkanes of at least 4 members (excludes halogenated alkanes) is 7. The predicted molar refractivity (Wildman–Crippen MR) is 204 cm³/mol. The van der Waals surface area contributed by atoms with Gasteiger partial charge in [0.25, 0.3) is 0 Å². The summed E-state index contributed by atoms with van der Waals surface area (Å²) in [6.45, 7) is 0.417. The van der Waals surface area contributed by atoms with Gasteiger partial charge < -0.3 is 26.2 Å². The van der Waals surface area contributed by atoms with Crippen LogP contribution in [0.15, 0.2) is 103 Å². The number of amides is 2. The fourth-order valence-electron chi connectivity index (χ4n) is 6.33. The number of para-hydroxylation sites is 1. The molecule has 3 atom stereocenters. The Hall–Kier alpha value is -4.60. The van der Waals surface area contributed by atoms with Crippen molar-refractivity contribution in [2.75, 3.05) is 23.8 Å². The van der Waals surface area contributed by atoms with Crippen molar-refractivity contribution >= 4 is 23.3 Å². The van der Waals surface area contributed by atoms with E-state index < -0.39 is 6.10 Å². The van der Waals surface area contributed by atoms with Crippen LogP contribution in [0.2, 0.25) is 0 Å². The number of anilines is 2. The first-order valence-electron chi connectivity index (χ1n) is 18.6. The van der Waals surface area contributed by atoms with Crippen LogP contribution < -0.4 is 16.0 Å². The van der Waals surface area contributed by atoms with Crippen LogP contribution >= 0.6 is 0 Å². The third-order valence-electron chi connectivity index (χ3n) is 9.11. The molecule has 9 heteroatoms. The highest BCUT2D eigenvalue weighted by molar-refractivity contribution is 5.91. The molecule has 2 aromatic heterocycles. The molecular weight excluding hydrogens is 638 g/mol. The molecule has 0 fully saturated rings. The van der Waals surface area contributed by atoms with Gasteiger partial charge in [0.05, 0.1) is 18.8 Å². The minimum Gasteiger partial charge on any atom is -0.394 e. The van der Waals surface area contributed by atoms with E-state index in [1.807, 2.05) is 60.8 Å².